The van der Waals surface area contributed by atoms with Gasteiger partial charge in [-0.3, -0.25) is 14.5 Å². The zero-order chi connectivity index (χ0) is 26.7. The van der Waals surface area contributed by atoms with Gasteiger partial charge in [0, 0.05) is 10.0 Å². The molecule has 37 heavy (non-hydrogen) atoms. The number of amides is 2. The molecule has 2 amide bonds. The molecule has 4 rings (SSSR count). The van der Waals surface area contributed by atoms with Crippen molar-refractivity contribution in [3.05, 3.63) is 94.8 Å². The highest BCUT2D eigenvalue weighted by atomic mass is 127. The fraction of sp³-hybridized carbons (Fsp3) is 0.115. The molecule has 0 radical (unpaired) electrons. The Balaban J connectivity index is 1.60. The number of carbonyl (C=O) groups excluding carboxylic acids is 3. The van der Waals surface area contributed by atoms with E-state index < -0.39 is 17.1 Å². The van der Waals surface area contributed by atoms with Gasteiger partial charge in [-0.2, -0.15) is 0 Å². The summed E-state index contributed by atoms with van der Waals surface area (Å²) < 4.78 is 11.9. The van der Waals surface area contributed by atoms with Crippen LogP contribution in [-0.2, 0) is 11.3 Å². The SMILES string of the molecule is CCOc1cc(/C=C2\SC(=O)N(Cc3ccc(Cl)cc3Cl)C2=O)cc(I)c1OC(=O)c1ccccc1Cl. The lowest BCUT2D eigenvalue weighted by molar-refractivity contribution is -0.123. The van der Waals surface area contributed by atoms with Crippen LogP contribution >= 0.6 is 69.2 Å². The normalized spacial score (nSPS) is 14.4. The summed E-state index contributed by atoms with van der Waals surface area (Å²) in [6.07, 6.45) is 1.60. The minimum Gasteiger partial charge on any atom is -0.490 e. The van der Waals surface area contributed by atoms with Crippen molar-refractivity contribution in [2.45, 2.75) is 13.5 Å². The molecule has 1 fully saturated rings. The van der Waals surface area contributed by atoms with E-state index in [1.54, 1.807) is 67.6 Å². The smallest absolute Gasteiger partial charge is 0.345 e. The van der Waals surface area contributed by atoms with Gasteiger partial charge in [0.05, 0.1) is 32.2 Å². The van der Waals surface area contributed by atoms with Crippen LogP contribution in [0.15, 0.2) is 59.5 Å². The maximum Gasteiger partial charge on any atom is 0.345 e. The fourth-order valence-electron chi connectivity index (χ4n) is 3.42. The molecule has 0 atom stereocenters. The summed E-state index contributed by atoms with van der Waals surface area (Å²) in [6.45, 7) is 2.14. The van der Waals surface area contributed by atoms with Crippen LogP contribution < -0.4 is 9.47 Å². The molecule has 0 N–H and O–H groups in total. The van der Waals surface area contributed by atoms with E-state index in [1.807, 2.05) is 22.6 Å². The summed E-state index contributed by atoms with van der Waals surface area (Å²) >= 11 is 21.1. The van der Waals surface area contributed by atoms with Gasteiger partial charge < -0.3 is 9.47 Å². The lowest BCUT2D eigenvalue weighted by atomic mass is 10.1. The maximum absolute atomic E-state index is 13.0. The van der Waals surface area contributed by atoms with Gasteiger partial charge in [0.25, 0.3) is 11.1 Å². The second-order valence-electron chi connectivity index (χ2n) is 7.64. The first-order chi connectivity index (χ1) is 17.7. The maximum atomic E-state index is 13.0. The van der Waals surface area contributed by atoms with Crippen molar-refractivity contribution < 1.29 is 23.9 Å². The van der Waals surface area contributed by atoms with Crippen molar-refractivity contribution in [3.8, 4) is 11.5 Å². The lowest BCUT2D eigenvalue weighted by Crippen LogP contribution is -2.27. The van der Waals surface area contributed by atoms with E-state index in [2.05, 4.69) is 0 Å². The van der Waals surface area contributed by atoms with Crippen molar-refractivity contribution in [1.29, 1.82) is 0 Å². The van der Waals surface area contributed by atoms with Gasteiger partial charge >= 0.3 is 5.97 Å². The van der Waals surface area contributed by atoms with E-state index in [0.717, 1.165) is 16.7 Å². The van der Waals surface area contributed by atoms with Gasteiger partial charge in [-0.25, -0.2) is 4.79 Å². The van der Waals surface area contributed by atoms with Crippen molar-refractivity contribution in [2.75, 3.05) is 6.61 Å². The van der Waals surface area contributed by atoms with Crippen LogP contribution in [-0.4, -0.2) is 28.6 Å². The molecule has 1 aliphatic rings. The summed E-state index contributed by atoms with van der Waals surface area (Å²) in [6, 6.07) is 14.8. The van der Waals surface area contributed by atoms with Crippen molar-refractivity contribution in [2.24, 2.45) is 0 Å². The van der Waals surface area contributed by atoms with E-state index in [0.29, 0.717) is 37.1 Å². The third kappa shape index (κ3) is 6.43. The molecule has 0 saturated carbocycles. The molecule has 1 saturated heterocycles. The summed E-state index contributed by atoms with van der Waals surface area (Å²) in [4.78, 5) is 39.7. The van der Waals surface area contributed by atoms with Crippen LogP contribution in [0.2, 0.25) is 15.1 Å². The van der Waals surface area contributed by atoms with E-state index in [1.165, 1.54) is 0 Å². The largest absolute Gasteiger partial charge is 0.490 e. The van der Waals surface area contributed by atoms with Crippen LogP contribution in [0.5, 0.6) is 11.5 Å². The van der Waals surface area contributed by atoms with E-state index in [9.17, 15) is 14.4 Å². The first kappa shape index (κ1) is 27.8. The number of benzene rings is 3. The summed E-state index contributed by atoms with van der Waals surface area (Å²) in [5, 5.41) is 0.692. The molecule has 3 aromatic rings. The third-order valence-electron chi connectivity index (χ3n) is 5.14. The predicted octanol–water partition coefficient (Wildman–Crippen LogP) is 8.11. The molecular weight excluding hydrogens is 672 g/mol. The van der Waals surface area contributed by atoms with Crippen LogP contribution in [0.4, 0.5) is 4.79 Å². The molecule has 1 aliphatic heterocycles. The molecule has 190 valence electrons. The quantitative estimate of drug-likeness (QED) is 0.108. The monoisotopic (exact) mass is 687 g/mol. The number of ether oxygens (including phenoxy) is 2. The topological polar surface area (TPSA) is 72.9 Å². The van der Waals surface area contributed by atoms with Crippen LogP contribution in [0.3, 0.4) is 0 Å². The molecule has 0 spiro atoms. The second-order valence-corrected chi connectivity index (χ2v) is 11.0. The van der Waals surface area contributed by atoms with Crippen LogP contribution in [0.1, 0.15) is 28.4 Å². The van der Waals surface area contributed by atoms with Gasteiger partial charge in [-0.1, -0.05) is 53.0 Å². The molecule has 0 unspecified atom stereocenters. The average Bonchev–Trinajstić information content (AvgIpc) is 3.10. The van der Waals surface area contributed by atoms with Crippen LogP contribution in [0, 0.1) is 3.57 Å². The Kier molecular flexibility index (Phi) is 9.07. The van der Waals surface area contributed by atoms with Gasteiger partial charge in [0.1, 0.15) is 0 Å². The molecule has 0 bridgehead atoms. The Hall–Kier alpha value is -2.24. The number of imide groups is 1. The Bertz CT molecular complexity index is 1450. The first-order valence-electron chi connectivity index (χ1n) is 10.8. The zero-order valence-corrected chi connectivity index (χ0v) is 24.3. The van der Waals surface area contributed by atoms with E-state index >= 15 is 0 Å². The number of hydrogen-bond donors (Lipinski definition) is 0. The summed E-state index contributed by atoms with van der Waals surface area (Å²) in [5.41, 5.74) is 1.42. The van der Waals surface area contributed by atoms with Gasteiger partial charge in [0.2, 0.25) is 0 Å². The van der Waals surface area contributed by atoms with E-state index in [4.69, 9.17) is 44.3 Å². The Morgan fingerprint density at radius 3 is 2.51 bits per heavy atom. The number of carbonyl (C=O) groups is 3. The highest BCUT2D eigenvalue weighted by molar-refractivity contribution is 14.1. The van der Waals surface area contributed by atoms with Gasteiger partial charge in [-0.05, 0) is 94.9 Å². The van der Waals surface area contributed by atoms with Crippen molar-refractivity contribution >= 4 is 92.3 Å². The van der Waals surface area contributed by atoms with Crippen molar-refractivity contribution in [1.82, 2.24) is 4.90 Å². The van der Waals surface area contributed by atoms with Gasteiger partial charge in [0.15, 0.2) is 11.5 Å². The Morgan fingerprint density at radius 1 is 1.05 bits per heavy atom. The van der Waals surface area contributed by atoms with Gasteiger partial charge in [-0.15, -0.1) is 0 Å². The predicted molar refractivity (Wildman–Crippen MR) is 155 cm³/mol. The summed E-state index contributed by atoms with van der Waals surface area (Å²) in [7, 11) is 0. The molecule has 0 aromatic heterocycles. The highest BCUT2D eigenvalue weighted by Crippen LogP contribution is 2.39. The molecule has 6 nitrogen and oxygen atoms in total. The molecular formula is C26H17Cl3INO5S. The van der Waals surface area contributed by atoms with Crippen molar-refractivity contribution in [3.63, 3.8) is 0 Å². The fourth-order valence-corrected chi connectivity index (χ4v) is 5.67. The molecule has 0 aliphatic carbocycles. The number of thioether (sulfide) groups is 1. The lowest BCUT2D eigenvalue weighted by Gasteiger charge is -2.14. The summed E-state index contributed by atoms with van der Waals surface area (Å²) in [5.74, 6) is -0.523. The van der Waals surface area contributed by atoms with E-state index in [-0.39, 0.29) is 27.8 Å². The second kappa shape index (κ2) is 12.1. The average molecular weight is 689 g/mol. The first-order valence-corrected chi connectivity index (χ1v) is 13.8. The highest BCUT2D eigenvalue weighted by Gasteiger charge is 2.35. The minimum absolute atomic E-state index is 0.0245. The number of halogens is 4. The molecule has 11 heteroatoms. The number of nitrogens with zero attached hydrogens (tertiary/aromatic N) is 1. The number of esters is 1. The third-order valence-corrected chi connectivity index (χ3v) is 7.76. The number of rotatable bonds is 7. The molecule has 3 aromatic carbocycles. The Labute approximate surface area is 246 Å². The minimum atomic E-state index is -0.626. The van der Waals surface area contributed by atoms with Crippen LogP contribution in [0.25, 0.3) is 6.08 Å². The zero-order valence-electron chi connectivity index (χ0n) is 19.1. The number of hydrogen-bond acceptors (Lipinski definition) is 6. The standard InChI is InChI=1S/C26H17Cl3INO5S/c1-2-35-21-10-14(9-20(30)23(21)36-25(33)17-5-3-4-6-18(17)28)11-22-24(32)31(26(34)37-22)13-15-7-8-16(27)12-19(15)29/h3-12H,2,13H2,1H3/b22-11-. The molecule has 1 heterocycles. The Morgan fingerprint density at radius 2 is 1.81 bits per heavy atom.